The molecule has 0 heterocycles. The van der Waals surface area contributed by atoms with Crippen molar-refractivity contribution in [2.24, 2.45) is 27.9 Å². The molecule has 0 rings (SSSR count). The van der Waals surface area contributed by atoms with Gasteiger partial charge in [-0.15, -0.1) is 0 Å². The van der Waals surface area contributed by atoms with E-state index in [4.69, 9.17) is 33.1 Å². The zero-order chi connectivity index (χ0) is 27.1. The van der Waals surface area contributed by atoms with Gasteiger partial charge < -0.3 is 54.2 Å². The molecule has 0 aliphatic rings. The second-order valence-corrected chi connectivity index (χ2v) is 7.36. The van der Waals surface area contributed by atoms with Gasteiger partial charge in [-0.1, -0.05) is 0 Å². The topological polar surface area (TPSA) is 316 Å². The number of amides is 4. The lowest BCUT2D eigenvalue weighted by Gasteiger charge is -2.24. The minimum absolute atomic E-state index is 0.133. The Kier molecular flexibility index (Phi) is 14.0. The average molecular weight is 505 g/mol. The fourth-order valence-electron chi connectivity index (χ4n) is 2.60. The summed E-state index contributed by atoms with van der Waals surface area (Å²) in [6.07, 6.45) is -1.06. The molecule has 17 nitrogen and oxygen atoms in total. The maximum absolute atomic E-state index is 12.7. The number of primary amides is 1. The SMILES string of the molecule is NC(=O)CCC(NC(=O)C(N)CCCN=C(N)N)C(=O)NC(CO)C(=O)NC(CC(=O)O)C(=O)O. The molecule has 0 aromatic carbocycles. The number of nitrogens with zero attached hydrogens (tertiary/aromatic N) is 1. The van der Waals surface area contributed by atoms with Crippen molar-refractivity contribution >= 4 is 41.5 Å². The Morgan fingerprint density at radius 2 is 1.34 bits per heavy atom. The monoisotopic (exact) mass is 504 g/mol. The summed E-state index contributed by atoms with van der Waals surface area (Å²) in [6.45, 7) is -0.779. The van der Waals surface area contributed by atoms with E-state index < -0.39 is 72.8 Å². The number of nitrogens with one attached hydrogen (secondary N) is 3. The van der Waals surface area contributed by atoms with Gasteiger partial charge in [0, 0.05) is 13.0 Å². The van der Waals surface area contributed by atoms with Crippen LogP contribution in [0.4, 0.5) is 0 Å². The van der Waals surface area contributed by atoms with Gasteiger partial charge >= 0.3 is 11.9 Å². The molecule has 0 fully saturated rings. The van der Waals surface area contributed by atoms with E-state index in [0.717, 1.165) is 0 Å². The molecule has 35 heavy (non-hydrogen) atoms. The number of nitrogens with two attached hydrogens (primary N) is 4. The summed E-state index contributed by atoms with van der Waals surface area (Å²) in [6, 6.07) is -5.99. The van der Waals surface area contributed by atoms with Crippen LogP contribution in [-0.2, 0) is 28.8 Å². The number of rotatable bonds is 17. The van der Waals surface area contributed by atoms with Crippen molar-refractivity contribution in [3.63, 3.8) is 0 Å². The van der Waals surface area contributed by atoms with Crippen LogP contribution in [0.15, 0.2) is 4.99 Å². The van der Waals surface area contributed by atoms with Crippen LogP contribution in [-0.4, -0.2) is 94.2 Å². The lowest BCUT2D eigenvalue weighted by atomic mass is 10.1. The van der Waals surface area contributed by atoms with Crippen LogP contribution < -0.4 is 38.9 Å². The molecule has 17 heteroatoms. The van der Waals surface area contributed by atoms with Gasteiger partial charge in [0.05, 0.1) is 19.1 Å². The van der Waals surface area contributed by atoms with E-state index in [1.54, 1.807) is 0 Å². The molecule has 0 spiro atoms. The van der Waals surface area contributed by atoms with Crippen LogP contribution in [0.3, 0.4) is 0 Å². The molecule has 0 aliphatic carbocycles. The first-order valence-electron chi connectivity index (χ1n) is 10.3. The Hall–Kier alpha value is -3.99. The molecular weight excluding hydrogens is 472 g/mol. The molecule has 0 radical (unpaired) electrons. The van der Waals surface area contributed by atoms with E-state index >= 15 is 0 Å². The van der Waals surface area contributed by atoms with Gasteiger partial charge in [-0.3, -0.25) is 29.0 Å². The zero-order valence-electron chi connectivity index (χ0n) is 18.8. The predicted octanol–water partition coefficient (Wildman–Crippen LogP) is -5.36. The first kappa shape index (κ1) is 31.0. The number of guanidine groups is 1. The maximum atomic E-state index is 12.7. The van der Waals surface area contributed by atoms with Crippen molar-refractivity contribution in [1.82, 2.24) is 16.0 Å². The summed E-state index contributed by atoms with van der Waals surface area (Å²) in [5.41, 5.74) is 21.3. The molecule has 4 amide bonds. The normalized spacial score (nSPS) is 13.9. The number of hydrogen-bond acceptors (Lipinski definition) is 9. The van der Waals surface area contributed by atoms with Crippen molar-refractivity contribution in [2.75, 3.05) is 13.2 Å². The van der Waals surface area contributed by atoms with E-state index in [1.165, 1.54) is 0 Å². The number of carbonyl (C=O) groups excluding carboxylic acids is 4. The highest BCUT2D eigenvalue weighted by Crippen LogP contribution is 2.03. The van der Waals surface area contributed by atoms with Gasteiger partial charge in [-0.05, 0) is 19.3 Å². The van der Waals surface area contributed by atoms with E-state index in [2.05, 4.69) is 15.6 Å². The number of aliphatic carboxylic acids is 2. The fourth-order valence-corrected chi connectivity index (χ4v) is 2.60. The van der Waals surface area contributed by atoms with E-state index in [1.807, 2.05) is 5.32 Å². The average Bonchev–Trinajstić information content (AvgIpc) is 2.75. The third-order valence-electron chi connectivity index (χ3n) is 4.43. The molecular formula is C18H32N8O9. The molecule has 0 aliphatic heterocycles. The maximum Gasteiger partial charge on any atom is 0.326 e. The minimum atomic E-state index is -1.83. The van der Waals surface area contributed by atoms with Gasteiger partial charge in [0.15, 0.2) is 5.96 Å². The van der Waals surface area contributed by atoms with Crippen LogP contribution in [0.1, 0.15) is 32.1 Å². The molecule has 4 atom stereocenters. The van der Waals surface area contributed by atoms with E-state index in [9.17, 15) is 33.9 Å². The largest absolute Gasteiger partial charge is 0.481 e. The number of hydrogen-bond donors (Lipinski definition) is 10. The molecule has 0 saturated heterocycles. The number of carboxylic acid groups (broad SMARTS) is 2. The molecule has 0 aromatic rings. The van der Waals surface area contributed by atoms with Gasteiger partial charge in [-0.2, -0.15) is 0 Å². The van der Waals surface area contributed by atoms with E-state index in [-0.39, 0.29) is 31.8 Å². The van der Waals surface area contributed by atoms with Gasteiger partial charge in [-0.25, -0.2) is 4.79 Å². The molecule has 0 bridgehead atoms. The third kappa shape index (κ3) is 13.3. The van der Waals surface area contributed by atoms with Crippen molar-refractivity contribution in [3.8, 4) is 0 Å². The predicted molar refractivity (Wildman–Crippen MR) is 119 cm³/mol. The second kappa shape index (κ2) is 15.8. The smallest absolute Gasteiger partial charge is 0.326 e. The van der Waals surface area contributed by atoms with Gasteiger partial charge in [0.1, 0.15) is 18.1 Å². The van der Waals surface area contributed by atoms with Crippen LogP contribution in [0.5, 0.6) is 0 Å². The fraction of sp³-hybridized carbons (Fsp3) is 0.611. The number of aliphatic hydroxyl groups excluding tert-OH is 1. The Labute approximate surface area is 199 Å². The van der Waals surface area contributed by atoms with Crippen LogP contribution in [0, 0.1) is 0 Å². The Balaban J connectivity index is 5.25. The van der Waals surface area contributed by atoms with Crippen LogP contribution in [0.2, 0.25) is 0 Å². The van der Waals surface area contributed by atoms with Crippen LogP contribution in [0.25, 0.3) is 0 Å². The van der Waals surface area contributed by atoms with Crippen molar-refractivity contribution in [3.05, 3.63) is 0 Å². The number of carboxylic acids is 2. The number of aliphatic imine (C=N–C) groups is 1. The summed E-state index contributed by atoms with van der Waals surface area (Å²) < 4.78 is 0. The Morgan fingerprint density at radius 3 is 1.83 bits per heavy atom. The first-order chi connectivity index (χ1) is 16.3. The summed E-state index contributed by atoms with van der Waals surface area (Å²) in [5.74, 6) is -7.04. The van der Waals surface area contributed by atoms with Crippen molar-refractivity contribution < 1.29 is 44.1 Å². The zero-order valence-corrected chi connectivity index (χ0v) is 18.8. The summed E-state index contributed by atoms with van der Waals surface area (Å²) in [5, 5.41) is 33.5. The molecule has 0 saturated carbocycles. The number of aliphatic hydroxyl groups is 1. The van der Waals surface area contributed by atoms with Crippen molar-refractivity contribution in [2.45, 2.75) is 56.3 Å². The third-order valence-corrected chi connectivity index (χ3v) is 4.43. The van der Waals surface area contributed by atoms with Crippen molar-refractivity contribution in [1.29, 1.82) is 0 Å². The molecule has 4 unspecified atom stereocenters. The second-order valence-electron chi connectivity index (χ2n) is 7.36. The Bertz CT molecular complexity index is 816. The highest BCUT2D eigenvalue weighted by molar-refractivity contribution is 5.95. The minimum Gasteiger partial charge on any atom is -0.481 e. The van der Waals surface area contributed by atoms with Gasteiger partial charge in [0.2, 0.25) is 23.6 Å². The highest BCUT2D eigenvalue weighted by Gasteiger charge is 2.31. The summed E-state index contributed by atoms with van der Waals surface area (Å²) in [4.78, 5) is 74.1. The summed E-state index contributed by atoms with van der Waals surface area (Å²) in [7, 11) is 0. The molecule has 0 aromatic heterocycles. The first-order valence-corrected chi connectivity index (χ1v) is 10.3. The van der Waals surface area contributed by atoms with E-state index in [0.29, 0.717) is 6.42 Å². The quantitative estimate of drug-likeness (QED) is 0.0504. The summed E-state index contributed by atoms with van der Waals surface area (Å²) >= 11 is 0. The molecule has 198 valence electrons. The lowest BCUT2D eigenvalue weighted by molar-refractivity contribution is -0.147. The highest BCUT2D eigenvalue weighted by atomic mass is 16.4. The lowest BCUT2D eigenvalue weighted by Crippen LogP contribution is -2.58. The molecule has 14 N–H and O–H groups in total. The Morgan fingerprint density at radius 1 is 0.800 bits per heavy atom. The standard InChI is InChI=1S/C18H32N8O9/c19-8(2-1-5-23-18(21)22)14(31)24-9(3-4-12(20)28)15(32)26-11(7-27)16(33)25-10(17(34)35)6-13(29)30/h8-11,27H,1-7,19H2,(H2,20,28)(H,24,31)(H,25,33)(H,26,32)(H,29,30)(H,34,35)(H4,21,22,23). The number of carbonyl (C=O) groups is 6. The van der Waals surface area contributed by atoms with Crippen LogP contribution >= 0.6 is 0 Å². The van der Waals surface area contributed by atoms with Gasteiger partial charge in [0.25, 0.3) is 0 Å².